The summed E-state index contributed by atoms with van der Waals surface area (Å²) in [6.07, 6.45) is 0. The molecule has 0 bridgehead atoms. The molecule has 2 aromatic carbocycles. The second-order valence-corrected chi connectivity index (χ2v) is 7.03. The fraction of sp³-hybridized carbons (Fsp3) is 0.350. The molecule has 1 saturated heterocycles. The zero-order chi connectivity index (χ0) is 17.2. The predicted octanol–water partition coefficient (Wildman–Crippen LogP) is 3.01. The van der Waals surface area contributed by atoms with Gasteiger partial charge >= 0.3 is 0 Å². The highest BCUT2D eigenvalue weighted by Crippen LogP contribution is 2.25. The van der Waals surface area contributed by atoms with Crippen LogP contribution in [0.25, 0.3) is 0 Å². The zero-order valence-corrected chi connectivity index (χ0v) is 14.4. The van der Waals surface area contributed by atoms with Gasteiger partial charge in [-0.15, -0.1) is 0 Å². The van der Waals surface area contributed by atoms with Gasteiger partial charge in [0.15, 0.2) is 0 Å². The summed E-state index contributed by atoms with van der Waals surface area (Å²) in [5.41, 5.74) is 8.34. The minimum Gasteiger partial charge on any atom is -0.398 e. The molecule has 2 aromatic rings. The molecule has 24 heavy (non-hydrogen) atoms. The van der Waals surface area contributed by atoms with Crippen LogP contribution in [0.5, 0.6) is 0 Å². The summed E-state index contributed by atoms with van der Waals surface area (Å²) in [5.74, 6) is 0.0283. The number of hydrogen-bond acceptors (Lipinski definition) is 3. The molecule has 4 nitrogen and oxygen atoms in total. The van der Waals surface area contributed by atoms with E-state index in [0.717, 1.165) is 19.6 Å². The predicted molar refractivity (Wildman–Crippen MR) is 97.7 cm³/mol. The molecule has 126 valence electrons. The molecule has 0 radical (unpaired) electrons. The summed E-state index contributed by atoms with van der Waals surface area (Å²) >= 11 is 0. The Hall–Kier alpha value is -2.33. The van der Waals surface area contributed by atoms with E-state index in [0.29, 0.717) is 17.8 Å². The van der Waals surface area contributed by atoms with Crippen molar-refractivity contribution in [3.05, 3.63) is 65.7 Å². The Morgan fingerprint density at radius 2 is 1.71 bits per heavy atom. The number of nitrogen functional groups attached to an aromatic ring is 1. The van der Waals surface area contributed by atoms with E-state index < -0.39 is 0 Å². The van der Waals surface area contributed by atoms with E-state index in [1.54, 1.807) is 12.1 Å². The van der Waals surface area contributed by atoms with Crippen LogP contribution in [0.4, 0.5) is 5.69 Å². The first-order valence-corrected chi connectivity index (χ1v) is 8.40. The largest absolute Gasteiger partial charge is 0.398 e. The Bertz CT molecular complexity index is 712. The number of para-hydroxylation sites is 1. The molecule has 0 spiro atoms. The maximum Gasteiger partial charge on any atom is 0.256 e. The molecule has 1 aliphatic heterocycles. The third-order valence-electron chi connectivity index (χ3n) is 4.77. The summed E-state index contributed by atoms with van der Waals surface area (Å²) in [5, 5.41) is 0. The van der Waals surface area contributed by atoms with Crippen molar-refractivity contribution in [2.45, 2.75) is 25.9 Å². The first-order valence-electron chi connectivity index (χ1n) is 8.40. The van der Waals surface area contributed by atoms with Gasteiger partial charge in [-0.05, 0) is 31.5 Å². The van der Waals surface area contributed by atoms with Gasteiger partial charge < -0.3 is 10.6 Å². The van der Waals surface area contributed by atoms with Gasteiger partial charge in [-0.25, -0.2) is 0 Å². The average Bonchev–Trinajstić information content (AvgIpc) is 2.57. The lowest BCUT2D eigenvalue weighted by atomic mass is 9.97. The Labute approximate surface area is 143 Å². The Morgan fingerprint density at radius 1 is 1.04 bits per heavy atom. The summed E-state index contributed by atoms with van der Waals surface area (Å²) < 4.78 is 0. The van der Waals surface area contributed by atoms with Crippen molar-refractivity contribution in [1.29, 1.82) is 0 Å². The lowest BCUT2D eigenvalue weighted by Crippen LogP contribution is -2.60. The maximum absolute atomic E-state index is 12.8. The number of piperazine rings is 1. The number of hydrogen-bond donors (Lipinski definition) is 1. The van der Waals surface area contributed by atoms with E-state index in [2.05, 4.69) is 43.0 Å². The van der Waals surface area contributed by atoms with Crippen LogP contribution in [-0.4, -0.2) is 40.9 Å². The van der Waals surface area contributed by atoms with Gasteiger partial charge in [-0.1, -0.05) is 42.5 Å². The third kappa shape index (κ3) is 3.44. The van der Waals surface area contributed by atoms with Gasteiger partial charge in [-0.3, -0.25) is 9.69 Å². The normalized spacial score (nSPS) is 17.7. The van der Waals surface area contributed by atoms with Crippen LogP contribution < -0.4 is 5.73 Å². The second kappa shape index (κ2) is 6.65. The van der Waals surface area contributed by atoms with E-state index in [4.69, 9.17) is 5.73 Å². The first-order chi connectivity index (χ1) is 11.5. The minimum absolute atomic E-state index is 0.0283. The number of rotatable bonds is 3. The van der Waals surface area contributed by atoms with E-state index in [1.807, 2.05) is 23.1 Å². The maximum atomic E-state index is 12.8. The molecule has 0 saturated carbocycles. The SMILES string of the molecule is CC1(C)CN(C(=O)c2ccccc2N)CCN1Cc1ccccc1. The zero-order valence-electron chi connectivity index (χ0n) is 14.4. The van der Waals surface area contributed by atoms with Gasteiger partial charge in [0.05, 0.1) is 5.56 Å². The van der Waals surface area contributed by atoms with Crippen LogP contribution >= 0.6 is 0 Å². The Balaban J connectivity index is 1.71. The highest BCUT2D eigenvalue weighted by Gasteiger charge is 2.35. The molecule has 0 aromatic heterocycles. The lowest BCUT2D eigenvalue weighted by molar-refractivity contribution is 0.0139. The first kappa shape index (κ1) is 16.5. The van der Waals surface area contributed by atoms with E-state index >= 15 is 0 Å². The van der Waals surface area contributed by atoms with Crippen molar-refractivity contribution < 1.29 is 4.79 Å². The average molecular weight is 323 g/mol. The molecule has 2 N–H and O–H groups in total. The monoisotopic (exact) mass is 323 g/mol. The van der Waals surface area contributed by atoms with Crippen LogP contribution in [0.3, 0.4) is 0 Å². The van der Waals surface area contributed by atoms with Crippen molar-refractivity contribution in [3.8, 4) is 0 Å². The fourth-order valence-corrected chi connectivity index (χ4v) is 3.32. The van der Waals surface area contributed by atoms with Gasteiger partial charge in [0.1, 0.15) is 0 Å². The number of anilines is 1. The van der Waals surface area contributed by atoms with Crippen molar-refractivity contribution in [1.82, 2.24) is 9.80 Å². The van der Waals surface area contributed by atoms with Gasteiger partial charge in [0.25, 0.3) is 5.91 Å². The second-order valence-electron chi connectivity index (χ2n) is 7.03. The van der Waals surface area contributed by atoms with Crippen molar-refractivity contribution in [2.24, 2.45) is 0 Å². The Kier molecular flexibility index (Phi) is 4.58. The molecule has 4 heteroatoms. The number of nitrogens with zero attached hydrogens (tertiary/aromatic N) is 2. The molecular formula is C20H25N3O. The lowest BCUT2D eigenvalue weighted by Gasteiger charge is -2.47. The minimum atomic E-state index is -0.0761. The number of carbonyl (C=O) groups is 1. The highest BCUT2D eigenvalue weighted by atomic mass is 16.2. The third-order valence-corrected chi connectivity index (χ3v) is 4.77. The number of amides is 1. The van der Waals surface area contributed by atoms with E-state index in [1.165, 1.54) is 5.56 Å². The molecule has 1 aliphatic rings. The number of nitrogens with two attached hydrogens (primary N) is 1. The van der Waals surface area contributed by atoms with Crippen LogP contribution in [0.2, 0.25) is 0 Å². The molecule has 1 amide bonds. The van der Waals surface area contributed by atoms with Crippen molar-refractivity contribution >= 4 is 11.6 Å². The highest BCUT2D eigenvalue weighted by molar-refractivity contribution is 5.99. The van der Waals surface area contributed by atoms with E-state index in [9.17, 15) is 4.79 Å². The smallest absolute Gasteiger partial charge is 0.256 e. The summed E-state index contributed by atoms with van der Waals surface area (Å²) in [6, 6.07) is 17.8. The van der Waals surface area contributed by atoms with Crippen molar-refractivity contribution in [3.63, 3.8) is 0 Å². The van der Waals surface area contributed by atoms with Crippen LogP contribution in [0.15, 0.2) is 54.6 Å². The standard InChI is InChI=1S/C20H25N3O/c1-20(2)15-22(19(24)17-10-6-7-11-18(17)21)12-13-23(20)14-16-8-4-3-5-9-16/h3-11H,12-15,21H2,1-2H3. The number of carbonyl (C=O) groups excluding carboxylic acids is 1. The Morgan fingerprint density at radius 3 is 2.38 bits per heavy atom. The molecule has 0 atom stereocenters. The van der Waals surface area contributed by atoms with Crippen molar-refractivity contribution in [2.75, 3.05) is 25.4 Å². The quantitative estimate of drug-likeness (QED) is 0.884. The fourth-order valence-electron chi connectivity index (χ4n) is 3.32. The molecule has 1 fully saturated rings. The molecule has 1 heterocycles. The summed E-state index contributed by atoms with van der Waals surface area (Å²) in [4.78, 5) is 17.2. The van der Waals surface area contributed by atoms with Crippen LogP contribution in [0, 0.1) is 0 Å². The van der Waals surface area contributed by atoms with Crippen LogP contribution in [-0.2, 0) is 6.54 Å². The van der Waals surface area contributed by atoms with Gasteiger partial charge in [0, 0.05) is 37.4 Å². The summed E-state index contributed by atoms with van der Waals surface area (Å²) in [7, 11) is 0. The molecular weight excluding hydrogens is 298 g/mol. The van der Waals surface area contributed by atoms with E-state index in [-0.39, 0.29) is 11.4 Å². The molecule has 0 unspecified atom stereocenters. The number of benzene rings is 2. The summed E-state index contributed by atoms with van der Waals surface area (Å²) in [6.45, 7) is 7.59. The van der Waals surface area contributed by atoms with Gasteiger partial charge in [-0.2, -0.15) is 0 Å². The van der Waals surface area contributed by atoms with Gasteiger partial charge in [0.2, 0.25) is 0 Å². The topological polar surface area (TPSA) is 49.6 Å². The molecule has 3 rings (SSSR count). The van der Waals surface area contributed by atoms with Crippen LogP contribution in [0.1, 0.15) is 29.8 Å². The molecule has 0 aliphatic carbocycles.